The van der Waals surface area contributed by atoms with E-state index in [1.807, 2.05) is 31.2 Å². The predicted molar refractivity (Wildman–Crippen MR) is 102 cm³/mol. The number of nitrogens with zero attached hydrogens (tertiary/aromatic N) is 2. The summed E-state index contributed by atoms with van der Waals surface area (Å²) < 4.78 is 0. The fraction of sp³-hybridized carbons (Fsp3) is 0.250. The summed E-state index contributed by atoms with van der Waals surface area (Å²) >= 11 is 1.60. The van der Waals surface area contributed by atoms with Crippen LogP contribution in [0, 0.1) is 18.3 Å². The molecule has 2 aromatic heterocycles. The zero-order valence-electron chi connectivity index (χ0n) is 13.9. The number of nitrogens with one attached hydrogen (secondary N) is 1. The average molecular weight is 347 g/mol. The Bertz CT molecular complexity index is 1080. The van der Waals surface area contributed by atoms with Crippen LogP contribution >= 0.6 is 11.3 Å². The Hall–Kier alpha value is -2.71. The van der Waals surface area contributed by atoms with Crippen LogP contribution in [0.3, 0.4) is 0 Å². The third kappa shape index (κ3) is 2.90. The standard InChI is InChI=1S/C20H17N3OS/c1-12-6-8-13(9-7-12)10-14(11-21)18-22-19(24)17-15-4-2-3-5-16(15)25-20(17)23-18/h6-10H,2-5H2,1H3,(H,22,23,24)/b14-10+. The minimum atomic E-state index is -0.135. The molecule has 0 saturated carbocycles. The molecule has 1 aliphatic rings. The molecule has 2 heterocycles. The maximum absolute atomic E-state index is 12.6. The Morgan fingerprint density at radius 1 is 1.28 bits per heavy atom. The van der Waals surface area contributed by atoms with Crippen LogP contribution in [-0.2, 0) is 12.8 Å². The second-order valence-corrected chi connectivity index (χ2v) is 7.47. The predicted octanol–water partition coefficient (Wildman–Crippen LogP) is 4.24. The van der Waals surface area contributed by atoms with Crippen molar-refractivity contribution in [3.05, 3.63) is 62.0 Å². The second kappa shape index (κ2) is 6.30. The minimum absolute atomic E-state index is 0.135. The molecular formula is C20H17N3OS. The third-order valence-corrected chi connectivity index (χ3v) is 5.77. The molecule has 5 heteroatoms. The molecule has 0 unspecified atom stereocenters. The Labute approximate surface area is 149 Å². The Balaban J connectivity index is 1.84. The number of aromatic amines is 1. The van der Waals surface area contributed by atoms with Gasteiger partial charge in [-0.2, -0.15) is 5.26 Å². The monoisotopic (exact) mass is 347 g/mol. The van der Waals surface area contributed by atoms with Gasteiger partial charge in [0.1, 0.15) is 10.9 Å². The van der Waals surface area contributed by atoms with E-state index in [0.29, 0.717) is 11.4 Å². The van der Waals surface area contributed by atoms with Crippen molar-refractivity contribution in [1.29, 1.82) is 5.26 Å². The van der Waals surface area contributed by atoms with Gasteiger partial charge in [-0.05, 0) is 49.8 Å². The number of thiophene rings is 1. The summed E-state index contributed by atoms with van der Waals surface area (Å²) in [4.78, 5) is 22.1. The van der Waals surface area contributed by atoms with Crippen molar-refractivity contribution in [3.8, 4) is 6.07 Å². The third-order valence-electron chi connectivity index (χ3n) is 4.59. The van der Waals surface area contributed by atoms with Gasteiger partial charge in [0.15, 0.2) is 5.82 Å². The van der Waals surface area contributed by atoms with E-state index in [1.54, 1.807) is 17.4 Å². The van der Waals surface area contributed by atoms with Gasteiger partial charge in [0.2, 0.25) is 0 Å². The molecule has 4 nitrogen and oxygen atoms in total. The number of H-pyrrole nitrogens is 1. The number of allylic oxidation sites excluding steroid dienone is 1. The molecule has 0 aliphatic heterocycles. The minimum Gasteiger partial charge on any atom is -0.305 e. The Morgan fingerprint density at radius 2 is 2.04 bits per heavy atom. The number of fused-ring (bicyclic) bond motifs is 3. The van der Waals surface area contributed by atoms with Crippen LogP contribution in [0.2, 0.25) is 0 Å². The molecule has 0 saturated heterocycles. The molecule has 3 aromatic rings. The van der Waals surface area contributed by atoms with Crippen LogP contribution in [0.5, 0.6) is 0 Å². The smallest absolute Gasteiger partial charge is 0.260 e. The van der Waals surface area contributed by atoms with Crippen molar-refractivity contribution in [3.63, 3.8) is 0 Å². The molecule has 0 atom stereocenters. The van der Waals surface area contributed by atoms with E-state index in [0.717, 1.165) is 46.2 Å². The maximum Gasteiger partial charge on any atom is 0.260 e. The van der Waals surface area contributed by atoms with Crippen LogP contribution in [0.25, 0.3) is 21.9 Å². The van der Waals surface area contributed by atoms with Gasteiger partial charge in [-0.1, -0.05) is 29.8 Å². The highest BCUT2D eigenvalue weighted by Gasteiger charge is 2.20. The van der Waals surface area contributed by atoms with Gasteiger partial charge in [-0.15, -0.1) is 11.3 Å². The number of hydrogen-bond acceptors (Lipinski definition) is 4. The van der Waals surface area contributed by atoms with Crippen LogP contribution < -0.4 is 5.56 Å². The van der Waals surface area contributed by atoms with Crippen molar-refractivity contribution in [2.45, 2.75) is 32.6 Å². The first-order valence-electron chi connectivity index (χ1n) is 8.39. The second-order valence-electron chi connectivity index (χ2n) is 6.39. The van der Waals surface area contributed by atoms with E-state index >= 15 is 0 Å². The molecule has 1 N–H and O–H groups in total. The molecular weight excluding hydrogens is 330 g/mol. The van der Waals surface area contributed by atoms with Crippen LogP contribution in [0.15, 0.2) is 29.1 Å². The molecule has 0 amide bonds. The highest BCUT2D eigenvalue weighted by Crippen LogP contribution is 2.33. The lowest BCUT2D eigenvalue weighted by atomic mass is 9.97. The number of nitriles is 1. The number of hydrogen-bond donors (Lipinski definition) is 1. The van der Waals surface area contributed by atoms with E-state index in [9.17, 15) is 10.1 Å². The van der Waals surface area contributed by atoms with Crippen molar-refractivity contribution >= 4 is 33.2 Å². The van der Waals surface area contributed by atoms with Crippen LogP contribution in [0.1, 0.15) is 40.2 Å². The molecule has 0 fully saturated rings. The fourth-order valence-corrected chi connectivity index (χ4v) is 4.54. The molecule has 1 aromatic carbocycles. The van der Waals surface area contributed by atoms with Crippen molar-refractivity contribution in [2.75, 3.05) is 0 Å². The first-order chi connectivity index (χ1) is 12.2. The van der Waals surface area contributed by atoms with E-state index in [2.05, 4.69) is 16.0 Å². The lowest BCUT2D eigenvalue weighted by molar-refractivity contribution is 0.700. The SMILES string of the molecule is Cc1ccc(/C=C(\C#N)c2nc3sc4c(c3c(=O)[nH]2)CCCC4)cc1. The van der Waals surface area contributed by atoms with E-state index in [-0.39, 0.29) is 5.56 Å². The summed E-state index contributed by atoms with van der Waals surface area (Å²) in [5.41, 5.74) is 3.47. The fourth-order valence-electron chi connectivity index (χ4n) is 3.27. The topological polar surface area (TPSA) is 69.5 Å². The van der Waals surface area contributed by atoms with E-state index in [1.165, 1.54) is 11.3 Å². The number of benzene rings is 1. The highest BCUT2D eigenvalue weighted by molar-refractivity contribution is 7.18. The van der Waals surface area contributed by atoms with E-state index in [4.69, 9.17) is 0 Å². The lowest BCUT2D eigenvalue weighted by Crippen LogP contribution is -2.12. The maximum atomic E-state index is 12.6. The molecule has 4 rings (SSSR count). The molecule has 124 valence electrons. The quantitative estimate of drug-likeness (QED) is 0.705. The summed E-state index contributed by atoms with van der Waals surface area (Å²) in [7, 11) is 0. The Kier molecular flexibility index (Phi) is 3.98. The Morgan fingerprint density at radius 3 is 2.80 bits per heavy atom. The van der Waals surface area contributed by atoms with Gasteiger partial charge < -0.3 is 4.98 Å². The summed E-state index contributed by atoms with van der Waals surface area (Å²) in [6.07, 6.45) is 6.02. The number of rotatable bonds is 2. The molecule has 0 spiro atoms. The van der Waals surface area contributed by atoms with Gasteiger partial charge >= 0.3 is 0 Å². The average Bonchev–Trinajstić information content (AvgIpc) is 3.00. The summed E-state index contributed by atoms with van der Waals surface area (Å²) in [6.45, 7) is 2.02. The van der Waals surface area contributed by atoms with Crippen molar-refractivity contribution < 1.29 is 0 Å². The van der Waals surface area contributed by atoms with Crippen molar-refractivity contribution in [1.82, 2.24) is 9.97 Å². The molecule has 25 heavy (non-hydrogen) atoms. The van der Waals surface area contributed by atoms with Gasteiger partial charge in [-0.3, -0.25) is 4.79 Å². The summed E-state index contributed by atoms with van der Waals surface area (Å²) in [6, 6.07) is 10.1. The highest BCUT2D eigenvalue weighted by atomic mass is 32.1. The van der Waals surface area contributed by atoms with Gasteiger partial charge in [0.25, 0.3) is 5.56 Å². The molecule has 0 radical (unpaired) electrons. The van der Waals surface area contributed by atoms with Crippen molar-refractivity contribution in [2.24, 2.45) is 0 Å². The number of aryl methyl sites for hydroxylation is 3. The zero-order valence-corrected chi connectivity index (χ0v) is 14.7. The van der Waals surface area contributed by atoms with Gasteiger partial charge in [0, 0.05) is 4.88 Å². The van der Waals surface area contributed by atoms with Crippen LogP contribution in [-0.4, -0.2) is 9.97 Å². The first-order valence-corrected chi connectivity index (χ1v) is 9.21. The lowest BCUT2D eigenvalue weighted by Gasteiger charge is -2.09. The largest absolute Gasteiger partial charge is 0.305 e. The van der Waals surface area contributed by atoms with Gasteiger partial charge in [0.05, 0.1) is 11.0 Å². The van der Waals surface area contributed by atoms with Crippen LogP contribution in [0.4, 0.5) is 0 Å². The van der Waals surface area contributed by atoms with E-state index < -0.39 is 0 Å². The summed E-state index contributed by atoms with van der Waals surface area (Å²) in [5.74, 6) is 0.346. The zero-order chi connectivity index (χ0) is 17.4. The summed E-state index contributed by atoms with van der Waals surface area (Å²) in [5, 5.41) is 10.3. The normalized spacial score (nSPS) is 14.3. The first kappa shape index (κ1) is 15.8. The molecule has 0 bridgehead atoms. The number of aromatic nitrogens is 2. The van der Waals surface area contributed by atoms with Gasteiger partial charge in [-0.25, -0.2) is 4.98 Å². The molecule has 1 aliphatic carbocycles.